The van der Waals surface area contributed by atoms with Gasteiger partial charge in [0.15, 0.2) is 5.69 Å². The molecule has 0 radical (unpaired) electrons. The van der Waals surface area contributed by atoms with Crippen LogP contribution in [-0.4, -0.2) is 27.2 Å². The van der Waals surface area contributed by atoms with Crippen LogP contribution in [0.25, 0.3) is 0 Å². The highest BCUT2D eigenvalue weighted by atomic mass is 16.4. The van der Waals surface area contributed by atoms with Gasteiger partial charge in [0, 0.05) is 0 Å². The van der Waals surface area contributed by atoms with Gasteiger partial charge in [0.25, 0.3) is 5.91 Å². The molecule has 0 fully saturated rings. The van der Waals surface area contributed by atoms with Gasteiger partial charge in [0.05, 0.1) is 11.8 Å². The lowest BCUT2D eigenvalue weighted by molar-refractivity contribution is 0.0685. The van der Waals surface area contributed by atoms with Gasteiger partial charge in [-0.3, -0.25) is 9.89 Å². The maximum absolute atomic E-state index is 10.5. The summed E-state index contributed by atoms with van der Waals surface area (Å²) in [5.74, 6) is -2.06. The molecule has 1 aromatic heterocycles. The van der Waals surface area contributed by atoms with E-state index < -0.39 is 11.9 Å². The van der Waals surface area contributed by atoms with Crippen LogP contribution in [0.2, 0.25) is 0 Å². The highest BCUT2D eigenvalue weighted by Gasteiger charge is 2.15. The highest BCUT2D eigenvalue weighted by Crippen LogP contribution is 2.01. The number of carboxylic acid groups (broad SMARTS) is 1. The number of carbonyl (C=O) groups is 2. The van der Waals surface area contributed by atoms with Crippen molar-refractivity contribution in [3.05, 3.63) is 17.5 Å². The van der Waals surface area contributed by atoms with Crippen molar-refractivity contribution < 1.29 is 14.7 Å². The number of nitrogens with two attached hydrogens (primary N) is 1. The molecule has 58 valence electrons. The number of nitrogens with zero attached hydrogens (tertiary/aromatic N) is 1. The lowest BCUT2D eigenvalue weighted by atomic mass is 10.2. The lowest BCUT2D eigenvalue weighted by Gasteiger charge is -1.89. The van der Waals surface area contributed by atoms with Crippen LogP contribution in [0, 0.1) is 0 Å². The number of carbonyl (C=O) groups excluding carboxylic acids is 1. The Balaban J connectivity index is 3.16. The maximum Gasteiger partial charge on any atom is 0.354 e. The summed E-state index contributed by atoms with van der Waals surface area (Å²) < 4.78 is 0. The van der Waals surface area contributed by atoms with Gasteiger partial charge in [-0.15, -0.1) is 0 Å². The number of aromatic amines is 1. The Labute approximate surface area is 61.0 Å². The number of hydrogen-bond donors (Lipinski definition) is 3. The number of aromatic nitrogens is 2. The number of nitrogens with one attached hydrogen (secondary N) is 1. The second-order valence-electron chi connectivity index (χ2n) is 1.83. The van der Waals surface area contributed by atoms with Crippen molar-refractivity contribution in [2.75, 3.05) is 0 Å². The summed E-state index contributed by atoms with van der Waals surface area (Å²) in [6.07, 6.45) is 1.08. The van der Waals surface area contributed by atoms with E-state index in [1.165, 1.54) is 0 Å². The van der Waals surface area contributed by atoms with Crippen LogP contribution in [-0.2, 0) is 0 Å². The van der Waals surface area contributed by atoms with Crippen molar-refractivity contribution in [3.8, 4) is 0 Å². The average Bonchev–Trinajstić information content (AvgIpc) is 2.32. The number of aromatic carboxylic acids is 1. The monoisotopic (exact) mass is 155 g/mol. The first kappa shape index (κ1) is 7.26. The normalized spacial score (nSPS) is 9.45. The molecule has 6 heteroatoms. The number of amides is 1. The minimum Gasteiger partial charge on any atom is -0.477 e. The second kappa shape index (κ2) is 2.41. The molecule has 1 heterocycles. The summed E-state index contributed by atoms with van der Waals surface area (Å²) in [7, 11) is 0. The zero-order valence-electron chi connectivity index (χ0n) is 5.37. The molecule has 1 amide bonds. The molecule has 0 saturated carbocycles. The minimum absolute atomic E-state index is 0.113. The van der Waals surface area contributed by atoms with Gasteiger partial charge >= 0.3 is 5.97 Å². The van der Waals surface area contributed by atoms with E-state index in [0.29, 0.717) is 0 Å². The van der Waals surface area contributed by atoms with E-state index in [1.54, 1.807) is 0 Å². The van der Waals surface area contributed by atoms with Crippen LogP contribution in [0.4, 0.5) is 0 Å². The Morgan fingerprint density at radius 2 is 2.27 bits per heavy atom. The number of primary amides is 1. The average molecular weight is 155 g/mol. The Kier molecular flexibility index (Phi) is 1.59. The van der Waals surface area contributed by atoms with Crippen LogP contribution >= 0.6 is 0 Å². The third-order valence-electron chi connectivity index (χ3n) is 1.12. The molecular weight excluding hydrogens is 150 g/mol. The summed E-state index contributed by atoms with van der Waals surface area (Å²) >= 11 is 0. The Bertz CT molecular complexity index is 275. The molecule has 1 aromatic rings. The molecule has 0 aliphatic heterocycles. The molecule has 4 N–H and O–H groups in total. The molecule has 0 unspecified atom stereocenters. The van der Waals surface area contributed by atoms with Crippen LogP contribution in [0.1, 0.15) is 20.8 Å². The quantitative estimate of drug-likeness (QED) is 0.519. The fourth-order valence-corrected chi connectivity index (χ4v) is 0.636. The fraction of sp³-hybridized carbons (Fsp3) is 0. The highest BCUT2D eigenvalue weighted by molar-refractivity contribution is 6.02. The van der Waals surface area contributed by atoms with Crippen LogP contribution in [0.5, 0.6) is 0 Å². The SMILES string of the molecule is NC(=O)c1cn[nH]c1C(=O)O. The van der Waals surface area contributed by atoms with Crippen molar-refractivity contribution in [2.24, 2.45) is 5.73 Å². The predicted molar refractivity (Wildman–Crippen MR) is 34.1 cm³/mol. The molecule has 0 saturated heterocycles. The molecule has 11 heavy (non-hydrogen) atoms. The van der Waals surface area contributed by atoms with Gasteiger partial charge in [0.2, 0.25) is 0 Å². The van der Waals surface area contributed by atoms with Crippen molar-refractivity contribution in [1.82, 2.24) is 10.2 Å². The first-order valence-electron chi connectivity index (χ1n) is 2.69. The Morgan fingerprint density at radius 3 is 2.64 bits per heavy atom. The van der Waals surface area contributed by atoms with Crippen molar-refractivity contribution in [1.29, 1.82) is 0 Å². The van der Waals surface area contributed by atoms with Gasteiger partial charge in [-0.25, -0.2) is 4.79 Å². The standard InChI is InChI=1S/C5H5N3O3/c6-4(9)2-1-7-8-3(2)5(10)11/h1H,(H2,6,9)(H,7,8)(H,10,11). The minimum atomic E-state index is -1.25. The molecular formula is C5H5N3O3. The van der Waals surface area contributed by atoms with Crippen molar-refractivity contribution in [2.45, 2.75) is 0 Å². The van der Waals surface area contributed by atoms with Gasteiger partial charge < -0.3 is 10.8 Å². The number of rotatable bonds is 2. The molecule has 0 aliphatic rings. The van der Waals surface area contributed by atoms with E-state index in [2.05, 4.69) is 10.2 Å². The summed E-state index contributed by atoms with van der Waals surface area (Å²) in [6.45, 7) is 0. The molecule has 0 bridgehead atoms. The zero-order chi connectivity index (χ0) is 8.43. The van der Waals surface area contributed by atoms with E-state index in [0.717, 1.165) is 6.20 Å². The topological polar surface area (TPSA) is 109 Å². The number of hydrogen-bond acceptors (Lipinski definition) is 3. The van der Waals surface area contributed by atoms with Crippen molar-refractivity contribution >= 4 is 11.9 Å². The van der Waals surface area contributed by atoms with E-state index in [9.17, 15) is 9.59 Å². The molecule has 0 aromatic carbocycles. The van der Waals surface area contributed by atoms with Crippen LogP contribution in [0.3, 0.4) is 0 Å². The molecule has 1 rings (SSSR count). The number of H-pyrrole nitrogens is 1. The fourth-order valence-electron chi connectivity index (χ4n) is 0.636. The molecule has 6 nitrogen and oxygen atoms in total. The third kappa shape index (κ3) is 1.18. The van der Waals surface area contributed by atoms with Gasteiger partial charge in [-0.1, -0.05) is 0 Å². The van der Waals surface area contributed by atoms with E-state index in [1.807, 2.05) is 0 Å². The predicted octanol–water partition coefficient (Wildman–Crippen LogP) is -0.793. The van der Waals surface area contributed by atoms with E-state index in [-0.39, 0.29) is 11.3 Å². The maximum atomic E-state index is 10.5. The second-order valence-corrected chi connectivity index (χ2v) is 1.83. The molecule has 0 spiro atoms. The lowest BCUT2D eigenvalue weighted by Crippen LogP contribution is -2.14. The first-order chi connectivity index (χ1) is 5.13. The van der Waals surface area contributed by atoms with Gasteiger partial charge in [-0.05, 0) is 0 Å². The number of carboxylic acids is 1. The smallest absolute Gasteiger partial charge is 0.354 e. The van der Waals surface area contributed by atoms with E-state index in [4.69, 9.17) is 10.8 Å². The summed E-state index contributed by atoms with van der Waals surface area (Å²) in [6, 6.07) is 0. The molecule has 0 atom stereocenters. The van der Waals surface area contributed by atoms with Crippen molar-refractivity contribution in [3.63, 3.8) is 0 Å². The Morgan fingerprint density at radius 1 is 1.64 bits per heavy atom. The summed E-state index contributed by atoms with van der Waals surface area (Å²) in [5, 5.41) is 13.9. The third-order valence-corrected chi connectivity index (χ3v) is 1.12. The zero-order valence-corrected chi connectivity index (χ0v) is 5.37. The van der Waals surface area contributed by atoms with Gasteiger partial charge in [0.1, 0.15) is 0 Å². The van der Waals surface area contributed by atoms with E-state index >= 15 is 0 Å². The Hall–Kier alpha value is -1.85. The van der Waals surface area contributed by atoms with Crippen LogP contribution < -0.4 is 5.73 Å². The summed E-state index contributed by atoms with van der Waals surface area (Å²) in [4.78, 5) is 20.8. The van der Waals surface area contributed by atoms with Crippen LogP contribution in [0.15, 0.2) is 6.20 Å². The largest absolute Gasteiger partial charge is 0.477 e. The van der Waals surface area contributed by atoms with Gasteiger partial charge in [-0.2, -0.15) is 5.10 Å². The first-order valence-corrected chi connectivity index (χ1v) is 2.69. The molecule has 0 aliphatic carbocycles. The summed E-state index contributed by atoms with van der Waals surface area (Å²) in [5.41, 5.74) is 4.44.